The molecule has 1 aromatic carbocycles. The lowest BCUT2D eigenvalue weighted by Gasteiger charge is -2.12. The molecule has 0 aromatic heterocycles. The van der Waals surface area contributed by atoms with E-state index in [2.05, 4.69) is 42.3 Å². The number of nitrogens with one attached hydrogen (secondary N) is 1. The molecule has 2 rings (SSSR count). The highest BCUT2D eigenvalue weighted by atomic mass is 16.5. The minimum absolute atomic E-state index is 0.667. The maximum atomic E-state index is 5.80. The minimum Gasteiger partial charge on any atom is -0.492 e. The van der Waals surface area contributed by atoms with Gasteiger partial charge in [0.05, 0.1) is 6.61 Å². The molecule has 0 amide bonds. The Kier molecular flexibility index (Phi) is 4.66. The normalized spacial score (nSPS) is 13.9. The van der Waals surface area contributed by atoms with Gasteiger partial charge in [0.15, 0.2) is 0 Å². The summed E-state index contributed by atoms with van der Waals surface area (Å²) in [4.78, 5) is 0. The van der Waals surface area contributed by atoms with Gasteiger partial charge in [-0.3, -0.25) is 0 Å². The van der Waals surface area contributed by atoms with Crippen LogP contribution in [0.25, 0.3) is 0 Å². The molecule has 1 aliphatic carbocycles. The van der Waals surface area contributed by atoms with E-state index in [4.69, 9.17) is 4.74 Å². The molecule has 0 unspecified atom stereocenters. The van der Waals surface area contributed by atoms with Gasteiger partial charge in [0, 0.05) is 24.6 Å². The SMILES string of the molecule is CC#CCCOc1ccc(C)cc1CNC1CC1. The van der Waals surface area contributed by atoms with E-state index >= 15 is 0 Å². The van der Waals surface area contributed by atoms with Crippen molar-refractivity contribution in [3.63, 3.8) is 0 Å². The molecular weight excluding hydrogens is 222 g/mol. The van der Waals surface area contributed by atoms with Gasteiger partial charge in [-0.05, 0) is 32.8 Å². The monoisotopic (exact) mass is 243 g/mol. The van der Waals surface area contributed by atoms with Crippen molar-refractivity contribution in [3.05, 3.63) is 29.3 Å². The fourth-order valence-electron chi connectivity index (χ4n) is 1.87. The van der Waals surface area contributed by atoms with Crippen molar-refractivity contribution >= 4 is 0 Å². The number of benzene rings is 1. The first-order chi connectivity index (χ1) is 8.79. The molecule has 1 fully saturated rings. The zero-order valence-corrected chi connectivity index (χ0v) is 11.3. The van der Waals surface area contributed by atoms with Crippen molar-refractivity contribution in [1.29, 1.82) is 0 Å². The highest BCUT2D eigenvalue weighted by molar-refractivity contribution is 5.37. The van der Waals surface area contributed by atoms with E-state index < -0.39 is 0 Å². The van der Waals surface area contributed by atoms with Crippen molar-refractivity contribution in [2.45, 2.75) is 45.7 Å². The lowest BCUT2D eigenvalue weighted by atomic mass is 10.1. The van der Waals surface area contributed by atoms with Crippen LogP contribution in [-0.4, -0.2) is 12.6 Å². The fourth-order valence-corrected chi connectivity index (χ4v) is 1.87. The van der Waals surface area contributed by atoms with Crippen molar-refractivity contribution in [2.75, 3.05) is 6.61 Å². The van der Waals surface area contributed by atoms with Crippen LogP contribution in [0, 0.1) is 18.8 Å². The molecule has 1 aliphatic rings. The molecule has 0 spiro atoms. The Morgan fingerprint density at radius 1 is 1.39 bits per heavy atom. The third kappa shape index (κ3) is 4.09. The van der Waals surface area contributed by atoms with Gasteiger partial charge in [-0.2, -0.15) is 0 Å². The highest BCUT2D eigenvalue weighted by Gasteiger charge is 2.20. The number of hydrogen-bond acceptors (Lipinski definition) is 2. The summed E-state index contributed by atoms with van der Waals surface area (Å²) in [7, 11) is 0. The van der Waals surface area contributed by atoms with Crippen LogP contribution in [-0.2, 0) is 6.54 Å². The summed E-state index contributed by atoms with van der Waals surface area (Å²) in [5, 5.41) is 3.53. The van der Waals surface area contributed by atoms with E-state index in [1.54, 1.807) is 0 Å². The maximum absolute atomic E-state index is 5.80. The molecule has 2 heteroatoms. The van der Waals surface area contributed by atoms with Crippen molar-refractivity contribution in [1.82, 2.24) is 5.32 Å². The van der Waals surface area contributed by atoms with Gasteiger partial charge >= 0.3 is 0 Å². The zero-order valence-electron chi connectivity index (χ0n) is 11.3. The molecule has 0 heterocycles. The first-order valence-corrected chi connectivity index (χ1v) is 6.65. The second kappa shape index (κ2) is 6.47. The molecular formula is C16H21NO. The van der Waals surface area contributed by atoms with Gasteiger partial charge in [-0.15, -0.1) is 11.8 Å². The second-order valence-electron chi connectivity index (χ2n) is 4.79. The maximum Gasteiger partial charge on any atom is 0.123 e. The Labute approximate surface area is 110 Å². The first kappa shape index (κ1) is 13.0. The van der Waals surface area contributed by atoms with Crippen LogP contribution in [0.15, 0.2) is 18.2 Å². The van der Waals surface area contributed by atoms with Crippen LogP contribution in [0.4, 0.5) is 0 Å². The minimum atomic E-state index is 0.667. The van der Waals surface area contributed by atoms with Gasteiger partial charge in [-0.1, -0.05) is 17.7 Å². The smallest absolute Gasteiger partial charge is 0.123 e. The van der Waals surface area contributed by atoms with Crippen LogP contribution in [0.3, 0.4) is 0 Å². The third-order valence-corrected chi connectivity index (χ3v) is 3.04. The number of ether oxygens (including phenoxy) is 1. The zero-order chi connectivity index (χ0) is 12.8. The third-order valence-electron chi connectivity index (χ3n) is 3.04. The Morgan fingerprint density at radius 2 is 2.22 bits per heavy atom. The average Bonchev–Trinajstić information content (AvgIpc) is 3.18. The summed E-state index contributed by atoms with van der Waals surface area (Å²) in [5.74, 6) is 6.89. The molecule has 0 saturated heterocycles. The first-order valence-electron chi connectivity index (χ1n) is 6.65. The van der Waals surface area contributed by atoms with Crippen LogP contribution in [0.5, 0.6) is 5.75 Å². The predicted octanol–water partition coefficient (Wildman–Crippen LogP) is 3.04. The van der Waals surface area contributed by atoms with E-state index in [1.165, 1.54) is 24.0 Å². The average molecular weight is 243 g/mol. The van der Waals surface area contributed by atoms with E-state index in [9.17, 15) is 0 Å². The Balaban J connectivity index is 1.94. The second-order valence-corrected chi connectivity index (χ2v) is 4.79. The number of aryl methyl sites for hydroxylation is 1. The molecule has 0 aliphatic heterocycles. The number of hydrogen-bond donors (Lipinski definition) is 1. The number of rotatable bonds is 6. The highest BCUT2D eigenvalue weighted by Crippen LogP contribution is 2.23. The molecule has 0 atom stereocenters. The molecule has 0 radical (unpaired) electrons. The van der Waals surface area contributed by atoms with E-state index in [0.29, 0.717) is 6.61 Å². The van der Waals surface area contributed by atoms with E-state index in [-0.39, 0.29) is 0 Å². The van der Waals surface area contributed by atoms with Gasteiger partial charge in [0.1, 0.15) is 5.75 Å². The lowest BCUT2D eigenvalue weighted by molar-refractivity contribution is 0.322. The Morgan fingerprint density at radius 3 is 2.94 bits per heavy atom. The lowest BCUT2D eigenvalue weighted by Crippen LogP contribution is -2.16. The van der Waals surface area contributed by atoms with Crippen LogP contribution in [0.2, 0.25) is 0 Å². The van der Waals surface area contributed by atoms with Gasteiger partial charge in [0.25, 0.3) is 0 Å². The van der Waals surface area contributed by atoms with Crippen molar-refractivity contribution < 1.29 is 4.74 Å². The van der Waals surface area contributed by atoms with Crippen LogP contribution in [0.1, 0.15) is 37.3 Å². The predicted molar refractivity (Wildman–Crippen MR) is 74.6 cm³/mol. The van der Waals surface area contributed by atoms with E-state index in [0.717, 1.165) is 24.8 Å². The fraction of sp³-hybridized carbons (Fsp3) is 0.500. The van der Waals surface area contributed by atoms with Crippen molar-refractivity contribution in [2.24, 2.45) is 0 Å². The summed E-state index contributed by atoms with van der Waals surface area (Å²) < 4.78 is 5.80. The molecule has 18 heavy (non-hydrogen) atoms. The molecule has 1 N–H and O–H groups in total. The standard InChI is InChI=1S/C16H21NO/c1-3-4-5-10-18-16-9-6-13(2)11-14(16)12-17-15-7-8-15/h6,9,11,15,17H,5,7-8,10,12H2,1-2H3. The summed E-state index contributed by atoms with van der Waals surface area (Å²) in [6.45, 7) is 5.55. The van der Waals surface area contributed by atoms with Gasteiger partial charge in [-0.25, -0.2) is 0 Å². The van der Waals surface area contributed by atoms with E-state index in [1.807, 2.05) is 6.92 Å². The topological polar surface area (TPSA) is 21.3 Å². The summed E-state index contributed by atoms with van der Waals surface area (Å²) in [5.41, 5.74) is 2.54. The summed E-state index contributed by atoms with van der Waals surface area (Å²) in [6, 6.07) is 7.10. The molecule has 1 aromatic rings. The van der Waals surface area contributed by atoms with Crippen LogP contribution >= 0.6 is 0 Å². The molecule has 96 valence electrons. The molecule has 2 nitrogen and oxygen atoms in total. The Bertz CT molecular complexity index is 452. The van der Waals surface area contributed by atoms with Gasteiger partial charge in [0.2, 0.25) is 0 Å². The molecule has 0 bridgehead atoms. The van der Waals surface area contributed by atoms with Crippen molar-refractivity contribution in [3.8, 4) is 17.6 Å². The van der Waals surface area contributed by atoms with Crippen LogP contribution < -0.4 is 10.1 Å². The quantitative estimate of drug-likeness (QED) is 0.612. The molecule has 1 saturated carbocycles. The van der Waals surface area contributed by atoms with Gasteiger partial charge < -0.3 is 10.1 Å². The Hall–Kier alpha value is -1.46. The largest absolute Gasteiger partial charge is 0.492 e. The summed E-state index contributed by atoms with van der Waals surface area (Å²) in [6.07, 6.45) is 3.42. The summed E-state index contributed by atoms with van der Waals surface area (Å²) >= 11 is 0.